The number of aryl methyl sites for hydroxylation is 1. The lowest BCUT2D eigenvalue weighted by Crippen LogP contribution is -2.29. The van der Waals surface area contributed by atoms with E-state index in [0.717, 1.165) is 24.8 Å². The SMILES string of the molecule is Cc1cc2c(n1N(C)C)CCCC2O. The van der Waals surface area contributed by atoms with Gasteiger partial charge in [0.1, 0.15) is 0 Å². The average molecular weight is 194 g/mol. The maximum absolute atomic E-state index is 9.85. The van der Waals surface area contributed by atoms with Crippen LogP contribution in [0.4, 0.5) is 0 Å². The predicted octanol–water partition coefficient (Wildman–Crippen LogP) is 1.36. The van der Waals surface area contributed by atoms with Crippen LogP contribution in [0.3, 0.4) is 0 Å². The Labute approximate surface area is 84.9 Å². The van der Waals surface area contributed by atoms with Crippen LogP contribution >= 0.6 is 0 Å². The van der Waals surface area contributed by atoms with Crippen LogP contribution in [-0.2, 0) is 6.42 Å². The van der Waals surface area contributed by atoms with Crippen molar-refractivity contribution in [2.24, 2.45) is 0 Å². The van der Waals surface area contributed by atoms with Crippen molar-refractivity contribution in [1.82, 2.24) is 4.68 Å². The van der Waals surface area contributed by atoms with Gasteiger partial charge < -0.3 is 10.1 Å². The Morgan fingerprint density at radius 2 is 2.21 bits per heavy atom. The zero-order chi connectivity index (χ0) is 10.3. The molecule has 3 heteroatoms. The molecule has 0 bridgehead atoms. The number of hydrogen-bond donors (Lipinski definition) is 1. The highest BCUT2D eigenvalue weighted by Crippen LogP contribution is 2.31. The van der Waals surface area contributed by atoms with Gasteiger partial charge in [0.2, 0.25) is 0 Å². The number of nitrogens with zero attached hydrogens (tertiary/aromatic N) is 2. The van der Waals surface area contributed by atoms with Crippen molar-refractivity contribution >= 4 is 0 Å². The molecule has 1 aliphatic rings. The van der Waals surface area contributed by atoms with Crippen LogP contribution in [0.15, 0.2) is 6.07 Å². The van der Waals surface area contributed by atoms with Crippen LogP contribution in [0.25, 0.3) is 0 Å². The minimum atomic E-state index is -0.251. The number of hydrogen-bond acceptors (Lipinski definition) is 2. The summed E-state index contributed by atoms with van der Waals surface area (Å²) in [5.41, 5.74) is 3.62. The quantitative estimate of drug-likeness (QED) is 0.731. The van der Waals surface area contributed by atoms with Gasteiger partial charge in [-0.1, -0.05) is 0 Å². The summed E-state index contributed by atoms with van der Waals surface area (Å²) in [6.07, 6.45) is 2.83. The molecule has 1 unspecified atom stereocenters. The zero-order valence-electron chi connectivity index (χ0n) is 9.12. The first-order valence-electron chi connectivity index (χ1n) is 5.18. The molecule has 1 aliphatic carbocycles. The molecule has 0 saturated carbocycles. The van der Waals surface area contributed by atoms with E-state index >= 15 is 0 Å². The summed E-state index contributed by atoms with van der Waals surface area (Å²) >= 11 is 0. The molecule has 0 aromatic carbocycles. The Hall–Kier alpha value is -0.960. The topological polar surface area (TPSA) is 28.4 Å². The third-order valence-corrected chi connectivity index (χ3v) is 2.94. The van der Waals surface area contributed by atoms with Gasteiger partial charge in [0, 0.05) is 31.0 Å². The lowest BCUT2D eigenvalue weighted by molar-refractivity contribution is 0.155. The Kier molecular flexibility index (Phi) is 2.27. The molecular formula is C11H18N2O. The fourth-order valence-corrected chi connectivity index (χ4v) is 2.42. The minimum absolute atomic E-state index is 0.251. The average Bonchev–Trinajstić information content (AvgIpc) is 2.42. The van der Waals surface area contributed by atoms with E-state index in [-0.39, 0.29) is 6.10 Å². The van der Waals surface area contributed by atoms with Crippen LogP contribution in [0.2, 0.25) is 0 Å². The third kappa shape index (κ3) is 1.32. The number of fused-ring (bicyclic) bond motifs is 1. The molecule has 78 valence electrons. The van der Waals surface area contributed by atoms with E-state index in [9.17, 15) is 5.11 Å². The van der Waals surface area contributed by atoms with Gasteiger partial charge >= 0.3 is 0 Å². The largest absolute Gasteiger partial charge is 0.388 e. The molecule has 1 N–H and O–H groups in total. The molecule has 2 rings (SSSR count). The zero-order valence-corrected chi connectivity index (χ0v) is 9.12. The standard InChI is InChI=1S/C11H18N2O/c1-8-7-9-10(13(8)12(2)3)5-4-6-11(9)14/h7,11,14H,4-6H2,1-3H3. The first-order valence-corrected chi connectivity index (χ1v) is 5.18. The van der Waals surface area contributed by atoms with Crippen molar-refractivity contribution in [1.29, 1.82) is 0 Å². The molecule has 0 radical (unpaired) electrons. The molecule has 0 aliphatic heterocycles. The van der Waals surface area contributed by atoms with Gasteiger partial charge in [0.15, 0.2) is 0 Å². The number of aliphatic hydroxyl groups excluding tert-OH is 1. The summed E-state index contributed by atoms with van der Waals surface area (Å²) in [5.74, 6) is 0. The molecular weight excluding hydrogens is 176 g/mol. The summed E-state index contributed by atoms with van der Waals surface area (Å²) in [4.78, 5) is 0. The molecule has 0 amide bonds. The molecule has 3 nitrogen and oxygen atoms in total. The first-order chi connectivity index (χ1) is 6.61. The fourth-order valence-electron chi connectivity index (χ4n) is 2.42. The Bertz CT molecular complexity index is 341. The van der Waals surface area contributed by atoms with Crippen molar-refractivity contribution in [3.63, 3.8) is 0 Å². The number of aliphatic hydroxyl groups is 1. The van der Waals surface area contributed by atoms with E-state index in [2.05, 4.69) is 22.7 Å². The van der Waals surface area contributed by atoms with Crippen LogP contribution in [-0.4, -0.2) is 23.9 Å². The highest BCUT2D eigenvalue weighted by molar-refractivity contribution is 5.32. The molecule has 1 heterocycles. The Balaban J connectivity index is 2.51. The predicted molar refractivity (Wildman–Crippen MR) is 57.1 cm³/mol. The van der Waals surface area contributed by atoms with Gasteiger partial charge in [-0.2, -0.15) is 0 Å². The second-order valence-corrected chi connectivity index (χ2v) is 4.25. The van der Waals surface area contributed by atoms with Crippen LogP contribution in [0, 0.1) is 6.92 Å². The van der Waals surface area contributed by atoms with Gasteiger partial charge in [-0.3, -0.25) is 4.68 Å². The van der Waals surface area contributed by atoms with Crippen molar-refractivity contribution in [2.45, 2.75) is 32.3 Å². The summed E-state index contributed by atoms with van der Waals surface area (Å²) in [5, 5.41) is 11.9. The van der Waals surface area contributed by atoms with E-state index in [4.69, 9.17) is 0 Å². The Morgan fingerprint density at radius 3 is 2.86 bits per heavy atom. The molecule has 1 aromatic heterocycles. The summed E-state index contributed by atoms with van der Waals surface area (Å²) < 4.78 is 2.19. The van der Waals surface area contributed by atoms with Crippen molar-refractivity contribution in [3.8, 4) is 0 Å². The van der Waals surface area contributed by atoms with E-state index in [1.54, 1.807) is 0 Å². The van der Waals surface area contributed by atoms with Crippen LogP contribution in [0.5, 0.6) is 0 Å². The highest BCUT2D eigenvalue weighted by atomic mass is 16.3. The van der Waals surface area contributed by atoms with E-state index in [1.165, 1.54) is 11.4 Å². The third-order valence-electron chi connectivity index (χ3n) is 2.94. The normalized spacial score (nSPS) is 20.7. The molecule has 0 fully saturated rings. The van der Waals surface area contributed by atoms with Gasteiger partial charge in [-0.15, -0.1) is 0 Å². The van der Waals surface area contributed by atoms with Gasteiger partial charge in [-0.25, -0.2) is 0 Å². The van der Waals surface area contributed by atoms with E-state index in [1.807, 2.05) is 14.1 Å². The summed E-state index contributed by atoms with van der Waals surface area (Å²) in [7, 11) is 4.07. The number of rotatable bonds is 1. The molecule has 1 aromatic rings. The van der Waals surface area contributed by atoms with E-state index < -0.39 is 0 Å². The van der Waals surface area contributed by atoms with E-state index in [0.29, 0.717) is 0 Å². The maximum Gasteiger partial charge on any atom is 0.0808 e. The monoisotopic (exact) mass is 194 g/mol. The fraction of sp³-hybridized carbons (Fsp3) is 0.636. The smallest absolute Gasteiger partial charge is 0.0808 e. The van der Waals surface area contributed by atoms with Gasteiger partial charge in [0.05, 0.1) is 6.10 Å². The molecule has 0 saturated heterocycles. The highest BCUT2D eigenvalue weighted by Gasteiger charge is 2.23. The van der Waals surface area contributed by atoms with Gasteiger partial charge in [0.25, 0.3) is 0 Å². The first kappa shape index (κ1) is 9.59. The molecule has 1 atom stereocenters. The lowest BCUT2D eigenvalue weighted by atomic mass is 9.95. The van der Waals surface area contributed by atoms with Crippen molar-refractivity contribution < 1.29 is 5.11 Å². The maximum atomic E-state index is 9.85. The summed E-state index contributed by atoms with van der Waals surface area (Å²) in [6, 6.07) is 2.11. The number of aromatic nitrogens is 1. The second kappa shape index (κ2) is 3.31. The summed E-state index contributed by atoms with van der Waals surface area (Å²) in [6.45, 7) is 2.09. The Morgan fingerprint density at radius 1 is 1.50 bits per heavy atom. The van der Waals surface area contributed by atoms with Crippen molar-refractivity contribution in [3.05, 3.63) is 23.0 Å². The van der Waals surface area contributed by atoms with Crippen molar-refractivity contribution in [2.75, 3.05) is 19.1 Å². The van der Waals surface area contributed by atoms with Gasteiger partial charge in [-0.05, 0) is 32.3 Å². The minimum Gasteiger partial charge on any atom is -0.388 e. The molecule has 0 spiro atoms. The van der Waals surface area contributed by atoms with Crippen LogP contribution < -0.4 is 5.01 Å². The molecule has 14 heavy (non-hydrogen) atoms. The van der Waals surface area contributed by atoms with Crippen LogP contribution in [0.1, 0.15) is 35.9 Å². The lowest BCUT2D eigenvalue weighted by Gasteiger charge is -2.24. The second-order valence-electron chi connectivity index (χ2n) is 4.25.